The Balaban J connectivity index is 1.80. The first-order valence-corrected chi connectivity index (χ1v) is 9.09. The SMILES string of the molecule is CCOC(=O)[C@]12CCCN(Cc3cccnc3)C[C@H]1CN(C(C)=O)C2. The lowest BCUT2D eigenvalue weighted by atomic mass is 9.75. The lowest BCUT2D eigenvalue weighted by Crippen LogP contribution is -2.42. The van der Waals surface area contributed by atoms with Gasteiger partial charge in [-0.15, -0.1) is 0 Å². The second kappa shape index (κ2) is 7.52. The van der Waals surface area contributed by atoms with Gasteiger partial charge in [-0.25, -0.2) is 0 Å². The van der Waals surface area contributed by atoms with Crippen molar-refractivity contribution in [2.45, 2.75) is 33.2 Å². The summed E-state index contributed by atoms with van der Waals surface area (Å²) in [5.41, 5.74) is 0.623. The number of ether oxygens (including phenoxy) is 1. The summed E-state index contributed by atoms with van der Waals surface area (Å²) in [5, 5.41) is 0. The van der Waals surface area contributed by atoms with E-state index in [2.05, 4.69) is 16.0 Å². The zero-order chi connectivity index (χ0) is 17.9. The van der Waals surface area contributed by atoms with Gasteiger partial charge in [0.2, 0.25) is 5.91 Å². The number of esters is 1. The molecule has 3 rings (SSSR count). The molecule has 2 aliphatic heterocycles. The molecule has 0 unspecified atom stereocenters. The third-order valence-electron chi connectivity index (χ3n) is 5.53. The maximum absolute atomic E-state index is 12.8. The van der Waals surface area contributed by atoms with E-state index >= 15 is 0 Å². The van der Waals surface area contributed by atoms with Crippen molar-refractivity contribution < 1.29 is 14.3 Å². The molecule has 2 aliphatic rings. The number of hydrogen-bond donors (Lipinski definition) is 0. The normalized spacial score (nSPS) is 26.8. The first kappa shape index (κ1) is 17.9. The average molecular weight is 345 g/mol. The van der Waals surface area contributed by atoms with Gasteiger partial charge in [0.05, 0.1) is 12.0 Å². The number of rotatable bonds is 4. The van der Waals surface area contributed by atoms with Crippen LogP contribution < -0.4 is 0 Å². The molecule has 0 saturated carbocycles. The Morgan fingerprint density at radius 2 is 2.24 bits per heavy atom. The summed E-state index contributed by atoms with van der Waals surface area (Å²) >= 11 is 0. The maximum Gasteiger partial charge on any atom is 0.314 e. The Morgan fingerprint density at radius 1 is 1.40 bits per heavy atom. The third-order valence-corrected chi connectivity index (χ3v) is 5.53. The van der Waals surface area contributed by atoms with E-state index in [0.29, 0.717) is 19.7 Å². The zero-order valence-electron chi connectivity index (χ0n) is 15.1. The highest BCUT2D eigenvalue weighted by Gasteiger charge is 2.54. The molecule has 0 aliphatic carbocycles. The largest absolute Gasteiger partial charge is 0.466 e. The molecular weight excluding hydrogens is 318 g/mol. The fourth-order valence-corrected chi connectivity index (χ4v) is 4.25. The molecule has 1 amide bonds. The molecule has 2 atom stereocenters. The molecule has 6 nitrogen and oxygen atoms in total. The highest BCUT2D eigenvalue weighted by atomic mass is 16.5. The molecule has 0 aromatic carbocycles. The molecule has 0 spiro atoms. The molecule has 0 N–H and O–H groups in total. The number of fused-ring (bicyclic) bond motifs is 1. The Morgan fingerprint density at radius 3 is 2.92 bits per heavy atom. The summed E-state index contributed by atoms with van der Waals surface area (Å²) < 4.78 is 5.42. The second-order valence-corrected chi connectivity index (χ2v) is 7.17. The van der Waals surface area contributed by atoms with Crippen LogP contribution in [0.5, 0.6) is 0 Å². The van der Waals surface area contributed by atoms with E-state index in [-0.39, 0.29) is 17.8 Å². The van der Waals surface area contributed by atoms with E-state index in [4.69, 9.17) is 4.74 Å². The van der Waals surface area contributed by atoms with Crippen LogP contribution in [-0.4, -0.2) is 59.4 Å². The molecular formula is C19H27N3O3. The smallest absolute Gasteiger partial charge is 0.314 e. The van der Waals surface area contributed by atoms with Gasteiger partial charge in [0.15, 0.2) is 0 Å². The molecule has 2 saturated heterocycles. The highest BCUT2D eigenvalue weighted by molar-refractivity contribution is 5.81. The number of nitrogens with zero attached hydrogens (tertiary/aromatic N) is 3. The van der Waals surface area contributed by atoms with Gasteiger partial charge >= 0.3 is 5.97 Å². The molecule has 0 bridgehead atoms. The number of carbonyl (C=O) groups excluding carboxylic acids is 2. The van der Waals surface area contributed by atoms with Crippen LogP contribution in [0, 0.1) is 11.3 Å². The first-order chi connectivity index (χ1) is 12.0. The van der Waals surface area contributed by atoms with Crippen LogP contribution in [0.15, 0.2) is 24.5 Å². The number of likely N-dealkylation sites (tertiary alicyclic amines) is 2. The lowest BCUT2D eigenvalue weighted by Gasteiger charge is -2.31. The number of aromatic nitrogens is 1. The number of pyridine rings is 1. The van der Waals surface area contributed by atoms with Crippen molar-refractivity contribution in [3.8, 4) is 0 Å². The minimum Gasteiger partial charge on any atom is -0.466 e. The summed E-state index contributed by atoms with van der Waals surface area (Å²) in [6.07, 6.45) is 5.38. The van der Waals surface area contributed by atoms with Crippen molar-refractivity contribution in [3.05, 3.63) is 30.1 Å². The Kier molecular flexibility index (Phi) is 5.37. The Labute approximate surface area is 149 Å². The van der Waals surface area contributed by atoms with Crippen LogP contribution in [0.3, 0.4) is 0 Å². The van der Waals surface area contributed by atoms with Crippen LogP contribution in [-0.2, 0) is 20.9 Å². The standard InChI is InChI=1S/C19H27N3O3/c1-3-25-18(24)19-7-5-9-21(11-16-6-4-8-20-10-16)12-17(19)13-22(14-19)15(2)23/h4,6,8,10,17H,3,5,7,9,11-14H2,1-2H3/t17-,19-/m0/s1. The molecule has 1 aromatic rings. The first-order valence-electron chi connectivity index (χ1n) is 9.09. The van der Waals surface area contributed by atoms with Crippen LogP contribution >= 0.6 is 0 Å². The maximum atomic E-state index is 12.8. The minimum atomic E-state index is -0.550. The number of carbonyl (C=O) groups is 2. The predicted molar refractivity (Wildman–Crippen MR) is 93.6 cm³/mol. The van der Waals surface area contributed by atoms with Gasteiger partial charge in [-0.05, 0) is 37.9 Å². The van der Waals surface area contributed by atoms with Gasteiger partial charge in [-0.2, -0.15) is 0 Å². The van der Waals surface area contributed by atoms with E-state index in [0.717, 1.165) is 32.5 Å². The quantitative estimate of drug-likeness (QED) is 0.778. The van der Waals surface area contributed by atoms with Crippen molar-refractivity contribution in [1.29, 1.82) is 0 Å². The van der Waals surface area contributed by atoms with E-state index in [1.54, 1.807) is 13.1 Å². The topological polar surface area (TPSA) is 62.7 Å². The zero-order valence-corrected chi connectivity index (χ0v) is 15.1. The van der Waals surface area contributed by atoms with Crippen molar-refractivity contribution in [3.63, 3.8) is 0 Å². The molecule has 3 heterocycles. The van der Waals surface area contributed by atoms with E-state index in [9.17, 15) is 9.59 Å². The van der Waals surface area contributed by atoms with Gasteiger partial charge in [-0.1, -0.05) is 6.07 Å². The fourth-order valence-electron chi connectivity index (χ4n) is 4.25. The van der Waals surface area contributed by atoms with Gasteiger partial charge in [-0.3, -0.25) is 19.5 Å². The van der Waals surface area contributed by atoms with Gasteiger partial charge < -0.3 is 9.64 Å². The molecule has 136 valence electrons. The summed E-state index contributed by atoms with van der Waals surface area (Å²) in [6, 6.07) is 4.02. The second-order valence-electron chi connectivity index (χ2n) is 7.17. The average Bonchev–Trinajstić information content (AvgIpc) is 2.87. The minimum absolute atomic E-state index is 0.0376. The monoisotopic (exact) mass is 345 g/mol. The number of hydrogen-bond acceptors (Lipinski definition) is 5. The van der Waals surface area contributed by atoms with Crippen LogP contribution in [0.2, 0.25) is 0 Å². The highest BCUT2D eigenvalue weighted by Crippen LogP contribution is 2.44. The van der Waals surface area contributed by atoms with E-state index < -0.39 is 5.41 Å². The number of amides is 1. The molecule has 2 fully saturated rings. The van der Waals surface area contributed by atoms with Crippen molar-refractivity contribution >= 4 is 11.9 Å². The van der Waals surface area contributed by atoms with Gasteiger partial charge in [0.25, 0.3) is 0 Å². The van der Waals surface area contributed by atoms with Crippen LogP contribution in [0.1, 0.15) is 32.3 Å². The third kappa shape index (κ3) is 3.68. The van der Waals surface area contributed by atoms with Gasteiger partial charge in [0, 0.05) is 51.4 Å². The molecule has 25 heavy (non-hydrogen) atoms. The van der Waals surface area contributed by atoms with E-state index in [1.807, 2.05) is 24.1 Å². The lowest BCUT2D eigenvalue weighted by molar-refractivity contribution is -0.157. The summed E-state index contributed by atoms with van der Waals surface area (Å²) in [6.45, 7) is 7.51. The van der Waals surface area contributed by atoms with Crippen molar-refractivity contribution in [1.82, 2.24) is 14.8 Å². The van der Waals surface area contributed by atoms with Gasteiger partial charge in [0.1, 0.15) is 0 Å². The van der Waals surface area contributed by atoms with Crippen molar-refractivity contribution in [2.75, 3.05) is 32.8 Å². The Bertz CT molecular complexity index is 622. The summed E-state index contributed by atoms with van der Waals surface area (Å²) in [5.74, 6) is 0.0251. The van der Waals surface area contributed by atoms with E-state index in [1.165, 1.54) is 5.56 Å². The van der Waals surface area contributed by atoms with Crippen LogP contribution in [0.25, 0.3) is 0 Å². The Hall–Kier alpha value is -1.95. The molecule has 1 aromatic heterocycles. The summed E-state index contributed by atoms with van der Waals surface area (Å²) in [7, 11) is 0. The van der Waals surface area contributed by atoms with Crippen molar-refractivity contribution in [2.24, 2.45) is 11.3 Å². The fraction of sp³-hybridized carbons (Fsp3) is 0.632. The molecule has 6 heteroatoms. The van der Waals surface area contributed by atoms with Crippen LogP contribution in [0.4, 0.5) is 0 Å². The summed E-state index contributed by atoms with van der Waals surface area (Å²) in [4.78, 5) is 33.1. The molecule has 0 radical (unpaired) electrons. The predicted octanol–water partition coefficient (Wildman–Crippen LogP) is 1.71.